The van der Waals surface area contributed by atoms with E-state index in [4.69, 9.17) is 10.9 Å². The van der Waals surface area contributed by atoms with Crippen LogP contribution in [0.4, 0.5) is 30.7 Å². The summed E-state index contributed by atoms with van der Waals surface area (Å²) in [5.74, 6) is -12.9. The molecule has 1 heterocycles. The van der Waals surface area contributed by atoms with Gasteiger partial charge < -0.3 is 10.9 Å². The van der Waals surface area contributed by atoms with Gasteiger partial charge in [0.15, 0.2) is 5.84 Å². The molecule has 0 bridgehead atoms. The summed E-state index contributed by atoms with van der Waals surface area (Å²) in [5, 5.41) is 10.6. The Labute approximate surface area is 105 Å². The third-order valence-corrected chi connectivity index (χ3v) is 2.11. The minimum absolute atomic E-state index is 0.0642. The fourth-order valence-corrected chi connectivity index (χ4v) is 1.06. The maximum Gasteiger partial charge on any atom is 0.460 e. The van der Waals surface area contributed by atoms with Crippen LogP contribution < -0.4 is 5.73 Å². The lowest BCUT2D eigenvalue weighted by molar-refractivity contribution is -0.360. The van der Waals surface area contributed by atoms with E-state index in [9.17, 15) is 30.7 Å². The zero-order valence-corrected chi connectivity index (χ0v) is 9.17. The summed E-state index contributed by atoms with van der Waals surface area (Å²) >= 11 is 0. The number of hydrogen-bond donors (Lipinski definition) is 2. The number of hydrogen-bond acceptors (Lipinski definition) is 4. The molecule has 0 saturated heterocycles. The van der Waals surface area contributed by atoms with Crippen molar-refractivity contribution < 1.29 is 35.9 Å². The van der Waals surface area contributed by atoms with E-state index in [2.05, 4.69) is 15.1 Å². The number of alkyl halides is 7. The lowest BCUT2D eigenvalue weighted by atomic mass is 10.1. The maximum atomic E-state index is 13.3. The van der Waals surface area contributed by atoms with Crippen molar-refractivity contribution in [3.63, 3.8) is 0 Å². The highest BCUT2D eigenvalue weighted by Crippen LogP contribution is 2.51. The van der Waals surface area contributed by atoms with E-state index >= 15 is 0 Å². The molecule has 0 radical (unpaired) electrons. The van der Waals surface area contributed by atoms with Gasteiger partial charge in [-0.05, 0) is 6.07 Å². The van der Waals surface area contributed by atoms with Crippen LogP contribution in [0, 0.1) is 0 Å². The predicted octanol–water partition coefficient (Wildman–Crippen LogP) is 1.86. The molecular formula is C8H5F7N4O. The van der Waals surface area contributed by atoms with Crippen molar-refractivity contribution in [2.45, 2.75) is 18.0 Å². The normalized spacial score (nSPS) is 14.4. The number of nitrogens with zero attached hydrogens (tertiary/aromatic N) is 3. The molecule has 1 rings (SSSR count). The van der Waals surface area contributed by atoms with Gasteiger partial charge in [0.05, 0.1) is 0 Å². The number of amidine groups is 1. The van der Waals surface area contributed by atoms with Gasteiger partial charge in [-0.25, -0.2) is 9.97 Å². The van der Waals surface area contributed by atoms with E-state index in [-0.39, 0.29) is 12.4 Å². The molecule has 112 valence electrons. The molecular weight excluding hydrogens is 301 g/mol. The highest BCUT2D eigenvalue weighted by Gasteiger charge is 2.74. The quantitative estimate of drug-likeness (QED) is 0.293. The monoisotopic (exact) mass is 306 g/mol. The molecule has 0 amide bonds. The van der Waals surface area contributed by atoms with Crippen LogP contribution in [0.3, 0.4) is 0 Å². The topological polar surface area (TPSA) is 84.4 Å². The summed E-state index contributed by atoms with van der Waals surface area (Å²) < 4.78 is 88.0. The van der Waals surface area contributed by atoms with E-state index in [1.807, 2.05) is 0 Å². The van der Waals surface area contributed by atoms with Crippen LogP contribution in [-0.2, 0) is 5.92 Å². The smallest absolute Gasteiger partial charge is 0.409 e. The SMILES string of the molecule is N/C(=N\O)c1cc(C(F)(F)C(F)(F)C(F)(F)F)ncn1. The van der Waals surface area contributed by atoms with Crippen LogP contribution >= 0.6 is 0 Å². The Bertz CT molecular complexity index is 528. The second-order valence-electron chi connectivity index (χ2n) is 3.42. The molecule has 1 aromatic rings. The number of nitrogens with two attached hydrogens (primary N) is 1. The molecule has 0 unspecified atom stereocenters. The Morgan fingerprint density at radius 1 is 1.10 bits per heavy atom. The molecule has 1 aromatic heterocycles. The lowest BCUT2D eigenvalue weighted by Gasteiger charge is -2.27. The molecule has 0 fully saturated rings. The number of aromatic nitrogens is 2. The van der Waals surface area contributed by atoms with Crippen molar-refractivity contribution in [3.8, 4) is 0 Å². The van der Waals surface area contributed by atoms with Crippen molar-refractivity contribution >= 4 is 5.84 Å². The zero-order chi connectivity index (χ0) is 15.8. The van der Waals surface area contributed by atoms with Crippen molar-refractivity contribution in [1.29, 1.82) is 0 Å². The van der Waals surface area contributed by atoms with Gasteiger partial charge in [-0.3, -0.25) is 0 Å². The first-order valence-electron chi connectivity index (χ1n) is 4.58. The zero-order valence-electron chi connectivity index (χ0n) is 9.17. The third kappa shape index (κ3) is 2.44. The van der Waals surface area contributed by atoms with Crippen molar-refractivity contribution in [2.24, 2.45) is 10.9 Å². The highest BCUT2D eigenvalue weighted by atomic mass is 19.4. The third-order valence-electron chi connectivity index (χ3n) is 2.11. The van der Waals surface area contributed by atoms with Crippen LogP contribution in [0.15, 0.2) is 17.5 Å². The summed E-state index contributed by atoms with van der Waals surface area (Å²) in [6, 6.07) is 0.0642. The molecule has 0 saturated carbocycles. The lowest BCUT2D eigenvalue weighted by Crippen LogP contribution is -2.50. The van der Waals surface area contributed by atoms with Crippen LogP contribution in [0.2, 0.25) is 0 Å². The molecule has 0 aromatic carbocycles. The van der Waals surface area contributed by atoms with E-state index in [1.54, 1.807) is 0 Å². The van der Waals surface area contributed by atoms with Crippen LogP contribution in [0.1, 0.15) is 11.4 Å². The van der Waals surface area contributed by atoms with Crippen molar-refractivity contribution in [1.82, 2.24) is 9.97 Å². The number of oxime groups is 1. The van der Waals surface area contributed by atoms with Gasteiger partial charge in [-0.1, -0.05) is 5.16 Å². The first kappa shape index (κ1) is 15.9. The van der Waals surface area contributed by atoms with Gasteiger partial charge in [-0.15, -0.1) is 0 Å². The fraction of sp³-hybridized carbons (Fsp3) is 0.375. The van der Waals surface area contributed by atoms with Gasteiger partial charge >= 0.3 is 18.0 Å². The van der Waals surface area contributed by atoms with Gasteiger partial charge in [-0.2, -0.15) is 30.7 Å². The standard InChI is InChI=1S/C8H5F7N4O/c9-6(10,7(11,12)8(13,14)15)4-1-3(5(16)19-20)17-2-18-4/h1-2,20H,(H2,16,19). The molecule has 0 aliphatic heterocycles. The van der Waals surface area contributed by atoms with Gasteiger partial charge in [0.2, 0.25) is 0 Å². The van der Waals surface area contributed by atoms with Gasteiger partial charge in [0.25, 0.3) is 0 Å². The van der Waals surface area contributed by atoms with Crippen LogP contribution in [0.5, 0.6) is 0 Å². The van der Waals surface area contributed by atoms with Crippen LogP contribution in [-0.4, -0.2) is 33.1 Å². The fourth-order valence-electron chi connectivity index (χ4n) is 1.06. The first-order valence-corrected chi connectivity index (χ1v) is 4.58. The molecule has 5 nitrogen and oxygen atoms in total. The molecule has 12 heteroatoms. The summed E-state index contributed by atoms with van der Waals surface area (Å²) in [4.78, 5) is 5.86. The highest BCUT2D eigenvalue weighted by molar-refractivity contribution is 5.95. The van der Waals surface area contributed by atoms with E-state index in [0.29, 0.717) is 0 Å². The Balaban J connectivity index is 3.36. The number of halogens is 7. The molecule has 0 atom stereocenters. The predicted molar refractivity (Wildman–Crippen MR) is 49.4 cm³/mol. The van der Waals surface area contributed by atoms with Crippen molar-refractivity contribution in [3.05, 3.63) is 23.8 Å². The van der Waals surface area contributed by atoms with E-state index in [1.165, 1.54) is 0 Å². The Morgan fingerprint density at radius 2 is 1.65 bits per heavy atom. The average Bonchev–Trinajstić information content (AvgIpc) is 2.36. The summed E-state index contributed by atoms with van der Waals surface area (Å²) in [6.45, 7) is 0. The number of rotatable bonds is 3. The second kappa shape index (κ2) is 4.76. The van der Waals surface area contributed by atoms with Crippen LogP contribution in [0.25, 0.3) is 0 Å². The largest absolute Gasteiger partial charge is 0.460 e. The summed E-state index contributed by atoms with van der Waals surface area (Å²) in [6.07, 6.45) is -6.21. The van der Waals surface area contributed by atoms with Gasteiger partial charge in [0, 0.05) is 0 Å². The first-order chi connectivity index (χ1) is 8.95. The average molecular weight is 306 g/mol. The Kier molecular flexibility index (Phi) is 3.79. The summed E-state index contributed by atoms with van der Waals surface area (Å²) in [5.41, 5.74) is 2.30. The van der Waals surface area contributed by atoms with Crippen molar-refractivity contribution in [2.75, 3.05) is 0 Å². The Hall–Kier alpha value is -2.14. The van der Waals surface area contributed by atoms with E-state index < -0.39 is 35.2 Å². The Morgan fingerprint density at radius 3 is 2.10 bits per heavy atom. The molecule has 3 N–H and O–H groups in total. The minimum Gasteiger partial charge on any atom is -0.409 e. The summed E-state index contributed by atoms with van der Waals surface area (Å²) in [7, 11) is 0. The molecule has 20 heavy (non-hydrogen) atoms. The molecule has 0 spiro atoms. The minimum atomic E-state index is -6.49. The van der Waals surface area contributed by atoms with E-state index in [0.717, 1.165) is 0 Å². The molecule has 0 aliphatic rings. The second-order valence-corrected chi connectivity index (χ2v) is 3.42. The molecule has 0 aliphatic carbocycles. The van der Waals surface area contributed by atoms with Gasteiger partial charge in [0.1, 0.15) is 17.7 Å². The maximum absolute atomic E-state index is 13.3.